The molecule has 122 valence electrons. The molecule has 6 nitrogen and oxygen atoms in total. The molecule has 0 saturated carbocycles. The second-order valence-corrected chi connectivity index (χ2v) is 5.73. The van der Waals surface area contributed by atoms with E-state index in [0.29, 0.717) is 17.9 Å². The van der Waals surface area contributed by atoms with Gasteiger partial charge in [0.2, 0.25) is 0 Å². The van der Waals surface area contributed by atoms with E-state index < -0.39 is 0 Å². The van der Waals surface area contributed by atoms with Crippen LogP contribution in [-0.2, 0) is 6.54 Å². The number of amides is 1. The van der Waals surface area contributed by atoms with E-state index in [2.05, 4.69) is 15.1 Å². The van der Waals surface area contributed by atoms with E-state index in [1.165, 1.54) is 0 Å². The van der Waals surface area contributed by atoms with Gasteiger partial charge in [0.25, 0.3) is 5.91 Å². The lowest BCUT2D eigenvalue weighted by atomic mass is 10.2. The molecule has 0 aliphatic carbocycles. The smallest absolute Gasteiger partial charge is 0.255 e. The predicted molar refractivity (Wildman–Crippen MR) is 90.9 cm³/mol. The minimum Gasteiger partial charge on any atom is -0.336 e. The van der Waals surface area contributed by atoms with Crippen LogP contribution in [0.5, 0.6) is 0 Å². The van der Waals surface area contributed by atoms with Crippen LogP contribution in [0.3, 0.4) is 0 Å². The maximum atomic E-state index is 12.5. The minimum atomic E-state index is -0.0897. The number of nitrogens with zero attached hydrogens (tertiary/aromatic N) is 5. The van der Waals surface area contributed by atoms with Crippen LogP contribution in [0.25, 0.3) is 5.82 Å². The summed E-state index contributed by atoms with van der Waals surface area (Å²) in [6.07, 6.45) is 3.31. The molecule has 0 aromatic carbocycles. The van der Waals surface area contributed by atoms with Gasteiger partial charge in [0.15, 0.2) is 5.82 Å². The fourth-order valence-electron chi connectivity index (χ4n) is 2.53. The summed E-state index contributed by atoms with van der Waals surface area (Å²) in [6, 6.07) is 11.2. The van der Waals surface area contributed by atoms with Crippen LogP contribution < -0.4 is 0 Å². The van der Waals surface area contributed by atoms with Gasteiger partial charge in [0, 0.05) is 25.1 Å². The number of carbonyl (C=O) groups excluding carboxylic acids is 1. The molecule has 3 heterocycles. The Hall–Kier alpha value is -3.02. The second kappa shape index (κ2) is 6.62. The van der Waals surface area contributed by atoms with Gasteiger partial charge in [-0.2, -0.15) is 5.10 Å². The first-order valence-electron chi connectivity index (χ1n) is 7.69. The summed E-state index contributed by atoms with van der Waals surface area (Å²) in [7, 11) is 1.76. The van der Waals surface area contributed by atoms with Crippen LogP contribution in [-0.4, -0.2) is 37.6 Å². The first-order valence-corrected chi connectivity index (χ1v) is 7.69. The van der Waals surface area contributed by atoms with Crippen molar-refractivity contribution in [2.75, 3.05) is 7.05 Å². The van der Waals surface area contributed by atoms with E-state index in [-0.39, 0.29) is 5.91 Å². The Bertz CT molecular complexity index is 840. The van der Waals surface area contributed by atoms with Gasteiger partial charge >= 0.3 is 0 Å². The lowest BCUT2D eigenvalue weighted by molar-refractivity contribution is 0.0783. The molecule has 0 aliphatic heterocycles. The highest BCUT2D eigenvalue weighted by molar-refractivity contribution is 5.93. The Morgan fingerprint density at radius 2 is 2.00 bits per heavy atom. The van der Waals surface area contributed by atoms with Crippen molar-refractivity contribution in [3.63, 3.8) is 0 Å². The summed E-state index contributed by atoms with van der Waals surface area (Å²) in [4.78, 5) is 22.7. The fraction of sp³-hybridized carbons (Fsp3) is 0.222. The standard InChI is InChI=1S/C18H19N5O/c1-13-10-14(2)23(21-13)17-8-7-15(11-20-17)18(24)22(3)12-16-6-4-5-9-19-16/h4-11H,12H2,1-3H3. The van der Waals surface area contributed by atoms with Crippen molar-refractivity contribution in [1.29, 1.82) is 0 Å². The highest BCUT2D eigenvalue weighted by atomic mass is 16.2. The van der Waals surface area contributed by atoms with Gasteiger partial charge in [0.1, 0.15) is 0 Å². The maximum absolute atomic E-state index is 12.5. The predicted octanol–water partition coefficient (Wildman–Crippen LogP) is 2.55. The number of carbonyl (C=O) groups is 1. The van der Waals surface area contributed by atoms with Crippen LogP contribution in [0.1, 0.15) is 27.4 Å². The van der Waals surface area contributed by atoms with Gasteiger partial charge in [0.05, 0.1) is 23.5 Å². The summed E-state index contributed by atoms with van der Waals surface area (Å²) in [6.45, 7) is 4.37. The number of rotatable bonds is 4. The zero-order valence-electron chi connectivity index (χ0n) is 14.0. The van der Waals surface area contributed by atoms with Crippen LogP contribution in [0.4, 0.5) is 0 Å². The van der Waals surface area contributed by atoms with Crippen molar-refractivity contribution in [2.24, 2.45) is 0 Å². The van der Waals surface area contributed by atoms with E-state index in [0.717, 1.165) is 17.1 Å². The fourth-order valence-corrected chi connectivity index (χ4v) is 2.53. The molecule has 0 bridgehead atoms. The van der Waals surface area contributed by atoms with E-state index in [4.69, 9.17) is 0 Å². The monoisotopic (exact) mass is 321 g/mol. The molecule has 0 spiro atoms. The van der Waals surface area contributed by atoms with Gasteiger partial charge in [-0.15, -0.1) is 0 Å². The van der Waals surface area contributed by atoms with Crippen LogP contribution in [0, 0.1) is 13.8 Å². The zero-order valence-corrected chi connectivity index (χ0v) is 14.0. The number of hydrogen-bond acceptors (Lipinski definition) is 4. The van der Waals surface area contributed by atoms with E-state index in [1.807, 2.05) is 38.1 Å². The highest BCUT2D eigenvalue weighted by Gasteiger charge is 2.14. The van der Waals surface area contributed by atoms with Gasteiger partial charge in [-0.3, -0.25) is 9.78 Å². The summed E-state index contributed by atoms with van der Waals surface area (Å²) < 4.78 is 1.77. The number of aromatic nitrogens is 4. The van der Waals surface area contributed by atoms with Crippen molar-refractivity contribution >= 4 is 5.91 Å². The molecule has 0 fully saturated rings. The molecular weight excluding hydrogens is 302 g/mol. The van der Waals surface area contributed by atoms with Crippen molar-refractivity contribution < 1.29 is 4.79 Å². The van der Waals surface area contributed by atoms with Crippen molar-refractivity contribution in [2.45, 2.75) is 20.4 Å². The summed E-state index contributed by atoms with van der Waals surface area (Å²) in [5, 5.41) is 4.40. The molecule has 3 rings (SSSR count). The lowest BCUT2D eigenvalue weighted by Gasteiger charge is -2.16. The van der Waals surface area contributed by atoms with Gasteiger partial charge in [-0.25, -0.2) is 9.67 Å². The molecule has 0 radical (unpaired) electrons. The molecule has 0 unspecified atom stereocenters. The molecule has 0 atom stereocenters. The zero-order chi connectivity index (χ0) is 17.1. The largest absolute Gasteiger partial charge is 0.336 e. The number of pyridine rings is 2. The SMILES string of the molecule is Cc1cc(C)n(-c2ccc(C(=O)N(C)Cc3ccccn3)cn2)n1. The molecule has 3 aromatic rings. The quantitative estimate of drug-likeness (QED) is 0.741. The van der Waals surface area contributed by atoms with Crippen molar-refractivity contribution in [3.8, 4) is 5.82 Å². The van der Waals surface area contributed by atoms with Crippen LogP contribution >= 0.6 is 0 Å². The first kappa shape index (κ1) is 15.9. The van der Waals surface area contributed by atoms with E-state index in [1.54, 1.807) is 41.2 Å². The second-order valence-electron chi connectivity index (χ2n) is 5.73. The third-order valence-corrected chi connectivity index (χ3v) is 3.69. The summed E-state index contributed by atoms with van der Waals surface area (Å²) in [5.41, 5.74) is 3.33. The average Bonchev–Trinajstić information content (AvgIpc) is 2.93. The minimum absolute atomic E-state index is 0.0897. The highest BCUT2D eigenvalue weighted by Crippen LogP contribution is 2.12. The van der Waals surface area contributed by atoms with Crippen LogP contribution in [0.15, 0.2) is 48.8 Å². The summed E-state index contributed by atoms with van der Waals surface area (Å²) >= 11 is 0. The molecule has 6 heteroatoms. The summed E-state index contributed by atoms with van der Waals surface area (Å²) in [5.74, 6) is 0.609. The third-order valence-electron chi connectivity index (χ3n) is 3.69. The Labute approximate surface area is 140 Å². The first-order chi connectivity index (χ1) is 11.5. The third kappa shape index (κ3) is 3.32. The molecule has 24 heavy (non-hydrogen) atoms. The topological polar surface area (TPSA) is 63.9 Å². The maximum Gasteiger partial charge on any atom is 0.255 e. The average molecular weight is 321 g/mol. The molecule has 0 N–H and O–H groups in total. The molecule has 0 aliphatic rings. The van der Waals surface area contributed by atoms with E-state index in [9.17, 15) is 4.79 Å². The Balaban J connectivity index is 1.75. The Morgan fingerprint density at radius 1 is 1.17 bits per heavy atom. The molecule has 1 amide bonds. The Kier molecular flexibility index (Phi) is 4.37. The number of aryl methyl sites for hydroxylation is 2. The van der Waals surface area contributed by atoms with Crippen molar-refractivity contribution in [1.82, 2.24) is 24.6 Å². The molecule has 0 saturated heterocycles. The number of hydrogen-bond donors (Lipinski definition) is 0. The van der Waals surface area contributed by atoms with E-state index >= 15 is 0 Å². The van der Waals surface area contributed by atoms with Crippen molar-refractivity contribution in [3.05, 3.63) is 71.4 Å². The van der Waals surface area contributed by atoms with Gasteiger partial charge in [-0.1, -0.05) is 6.07 Å². The normalized spacial score (nSPS) is 10.6. The van der Waals surface area contributed by atoms with Gasteiger partial charge < -0.3 is 4.90 Å². The Morgan fingerprint density at radius 3 is 2.58 bits per heavy atom. The van der Waals surface area contributed by atoms with Crippen LogP contribution in [0.2, 0.25) is 0 Å². The lowest BCUT2D eigenvalue weighted by Crippen LogP contribution is -2.26. The molecular formula is C18H19N5O. The molecule has 3 aromatic heterocycles. The van der Waals surface area contributed by atoms with Gasteiger partial charge in [-0.05, 0) is 44.2 Å².